The molecule has 0 spiro atoms. The van der Waals surface area contributed by atoms with E-state index in [0.29, 0.717) is 0 Å². The lowest BCUT2D eigenvalue weighted by Gasteiger charge is -2.27. The van der Waals surface area contributed by atoms with Crippen LogP contribution < -0.4 is 4.90 Å². The third kappa shape index (κ3) is 4.39. The molecule has 1 aliphatic rings. The summed E-state index contributed by atoms with van der Waals surface area (Å²) in [5.41, 5.74) is 14.2. The number of rotatable bonds is 5. The van der Waals surface area contributed by atoms with Crippen molar-refractivity contribution in [1.82, 2.24) is 4.98 Å². The van der Waals surface area contributed by atoms with Crippen LogP contribution in [0.3, 0.4) is 0 Å². The first-order valence-electron chi connectivity index (χ1n) is 16.1. The largest absolute Gasteiger partial charge is 0.456 e. The van der Waals surface area contributed by atoms with Crippen LogP contribution >= 0.6 is 0 Å². The van der Waals surface area contributed by atoms with Gasteiger partial charge in [-0.15, -0.1) is 0 Å². The number of hydrogen-bond donors (Lipinski definition) is 0. The predicted molar refractivity (Wildman–Crippen MR) is 195 cm³/mol. The number of anilines is 3. The highest BCUT2D eigenvalue weighted by molar-refractivity contribution is 6.11. The normalized spacial score (nSPS) is 13.1. The van der Waals surface area contributed by atoms with Crippen molar-refractivity contribution in [3.63, 3.8) is 0 Å². The molecule has 0 bridgehead atoms. The molecule has 0 unspecified atom stereocenters. The molecule has 6 aromatic carbocycles. The van der Waals surface area contributed by atoms with Crippen LogP contribution in [0.15, 0.2) is 162 Å². The Morgan fingerprint density at radius 1 is 0.511 bits per heavy atom. The number of furan rings is 1. The zero-order valence-corrected chi connectivity index (χ0v) is 26.3. The van der Waals surface area contributed by atoms with E-state index in [4.69, 9.17) is 9.40 Å². The van der Waals surface area contributed by atoms with Crippen molar-refractivity contribution in [3.05, 3.63) is 169 Å². The van der Waals surface area contributed by atoms with E-state index in [1.807, 2.05) is 12.3 Å². The molecule has 3 heteroatoms. The summed E-state index contributed by atoms with van der Waals surface area (Å²) in [5.74, 6) is 0. The van der Waals surface area contributed by atoms with Gasteiger partial charge in [0, 0.05) is 33.1 Å². The van der Waals surface area contributed by atoms with Crippen LogP contribution in [-0.4, -0.2) is 4.98 Å². The maximum Gasteiger partial charge on any atom is 0.135 e. The number of benzene rings is 6. The number of aromatic nitrogens is 1. The molecule has 0 atom stereocenters. The molecule has 2 heterocycles. The maximum absolute atomic E-state index is 6.31. The lowest BCUT2D eigenvalue weighted by molar-refractivity contribution is 0.639. The smallest absolute Gasteiger partial charge is 0.135 e. The summed E-state index contributed by atoms with van der Waals surface area (Å²) in [6.45, 7) is 4.58. The van der Waals surface area contributed by atoms with Gasteiger partial charge < -0.3 is 9.32 Å². The number of fused-ring (bicyclic) bond motifs is 7. The van der Waals surface area contributed by atoms with E-state index >= 15 is 0 Å². The molecule has 0 saturated heterocycles. The van der Waals surface area contributed by atoms with Crippen molar-refractivity contribution < 1.29 is 4.42 Å². The van der Waals surface area contributed by atoms with Gasteiger partial charge in [-0.3, -0.25) is 4.98 Å². The fraction of sp³-hybridized carbons (Fsp3) is 0.0682. The fourth-order valence-electron chi connectivity index (χ4n) is 7.45. The van der Waals surface area contributed by atoms with Crippen molar-refractivity contribution in [2.75, 3.05) is 4.90 Å². The van der Waals surface area contributed by atoms with E-state index in [1.165, 1.54) is 38.8 Å². The summed E-state index contributed by atoms with van der Waals surface area (Å²) in [6, 6.07) is 53.7. The highest BCUT2D eigenvalue weighted by Gasteiger charge is 2.40. The maximum atomic E-state index is 6.31. The third-order valence-electron chi connectivity index (χ3n) is 9.61. The average Bonchev–Trinajstić information content (AvgIpc) is 3.61. The first kappa shape index (κ1) is 27.4. The Morgan fingerprint density at radius 3 is 1.77 bits per heavy atom. The lowest BCUT2D eigenvalue weighted by Crippen LogP contribution is -2.17. The van der Waals surface area contributed by atoms with Gasteiger partial charge in [0.2, 0.25) is 0 Å². The van der Waals surface area contributed by atoms with Crippen LogP contribution in [0.25, 0.3) is 55.3 Å². The first-order valence-corrected chi connectivity index (χ1v) is 16.1. The first-order chi connectivity index (χ1) is 23.1. The van der Waals surface area contributed by atoms with Crippen molar-refractivity contribution in [1.29, 1.82) is 0 Å². The summed E-state index contributed by atoms with van der Waals surface area (Å²) in [5, 5.41) is 2.34. The molecule has 2 aromatic heterocycles. The van der Waals surface area contributed by atoms with Crippen molar-refractivity contribution >= 4 is 39.0 Å². The minimum atomic E-state index is -0.291. The highest BCUT2D eigenvalue weighted by atomic mass is 16.3. The summed E-state index contributed by atoms with van der Waals surface area (Å²) in [7, 11) is 0. The van der Waals surface area contributed by atoms with Gasteiger partial charge in [0.15, 0.2) is 0 Å². The molecule has 47 heavy (non-hydrogen) atoms. The standard InChI is InChI=1S/C44H32N2O/c1-44(2)42-36(23-24-40-41(42)37-21-9-10-22-39(37)47-40)38-27-35(28-45-43(38)44)46(33-19-11-17-31(25-33)29-13-5-3-6-14-29)34-20-12-18-32(26-34)30-15-7-4-8-16-30/h3-28H,1-2H3. The Balaban J connectivity index is 1.25. The molecule has 8 aromatic rings. The molecule has 0 amide bonds. The van der Waals surface area contributed by atoms with Crippen LogP contribution in [0.1, 0.15) is 25.1 Å². The Hall–Kier alpha value is -5.93. The molecule has 0 aliphatic heterocycles. The third-order valence-corrected chi connectivity index (χ3v) is 9.61. The minimum absolute atomic E-state index is 0.291. The summed E-state index contributed by atoms with van der Waals surface area (Å²) in [4.78, 5) is 7.60. The molecular formula is C44H32N2O. The average molecular weight is 605 g/mol. The lowest BCUT2D eigenvalue weighted by atomic mass is 9.83. The Kier molecular flexibility index (Phi) is 6.16. The molecule has 0 fully saturated rings. The molecular weight excluding hydrogens is 572 g/mol. The molecule has 0 saturated carbocycles. The van der Waals surface area contributed by atoms with Gasteiger partial charge in [-0.2, -0.15) is 0 Å². The quantitative estimate of drug-likeness (QED) is 0.196. The predicted octanol–water partition coefficient (Wildman–Crippen LogP) is 12.1. The van der Waals surface area contributed by atoms with Gasteiger partial charge in [0.1, 0.15) is 11.2 Å². The fourth-order valence-corrected chi connectivity index (χ4v) is 7.45. The van der Waals surface area contributed by atoms with E-state index < -0.39 is 0 Å². The Labute approximate surface area is 274 Å². The second-order valence-electron chi connectivity index (χ2n) is 12.8. The Morgan fingerprint density at radius 2 is 1.11 bits per heavy atom. The van der Waals surface area contributed by atoms with Crippen molar-refractivity contribution in [2.45, 2.75) is 19.3 Å². The van der Waals surface area contributed by atoms with E-state index in [0.717, 1.165) is 44.9 Å². The van der Waals surface area contributed by atoms with Gasteiger partial charge in [-0.25, -0.2) is 0 Å². The molecule has 224 valence electrons. The van der Waals surface area contributed by atoms with Crippen LogP contribution in [0.5, 0.6) is 0 Å². The van der Waals surface area contributed by atoms with Gasteiger partial charge in [0.25, 0.3) is 0 Å². The van der Waals surface area contributed by atoms with Gasteiger partial charge >= 0.3 is 0 Å². The number of para-hydroxylation sites is 1. The molecule has 3 nitrogen and oxygen atoms in total. The number of pyridine rings is 1. The molecule has 0 N–H and O–H groups in total. The molecule has 0 radical (unpaired) electrons. The highest BCUT2D eigenvalue weighted by Crippen LogP contribution is 2.53. The summed E-state index contributed by atoms with van der Waals surface area (Å²) < 4.78 is 6.31. The van der Waals surface area contributed by atoms with E-state index in [2.05, 4.69) is 164 Å². The van der Waals surface area contributed by atoms with E-state index in [9.17, 15) is 0 Å². The van der Waals surface area contributed by atoms with Gasteiger partial charge in [-0.05, 0) is 75.8 Å². The van der Waals surface area contributed by atoms with Gasteiger partial charge in [0.05, 0.1) is 17.6 Å². The Bertz CT molecular complexity index is 2360. The second-order valence-corrected chi connectivity index (χ2v) is 12.8. The summed E-state index contributed by atoms with van der Waals surface area (Å²) in [6.07, 6.45) is 2.04. The second kappa shape index (κ2) is 10.6. The summed E-state index contributed by atoms with van der Waals surface area (Å²) >= 11 is 0. The SMILES string of the molecule is CC1(C)c2ncc(N(c3cccc(-c4ccccc4)c3)c3cccc(-c4ccccc4)c3)cc2-c2ccc3oc4ccccc4c3c21. The number of nitrogens with zero attached hydrogens (tertiary/aromatic N) is 2. The van der Waals surface area contributed by atoms with E-state index in [1.54, 1.807) is 0 Å². The van der Waals surface area contributed by atoms with Crippen LogP contribution in [0.2, 0.25) is 0 Å². The van der Waals surface area contributed by atoms with Crippen molar-refractivity contribution in [2.24, 2.45) is 0 Å². The minimum Gasteiger partial charge on any atom is -0.456 e. The van der Waals surface area contributed by atoms with Crippen LogP contribution in [0, 0.1) is 0 Å². The molecule has 1 aliphatic carbocycles. The topological polar surface area (TPSA) is 29.3 Å². The van der Waals surface area contributed by atoms with Crippen molar-refractivity contribution in [3.8, 4) is 33.4 Å². The van der Waals surface area contributed by atoms with Gasteiger partial charge in [-0.1, -0.05) is 123 Å². The van der Waals surface area contributed by atoms with Crippen LogP contribution in [-0.2, 0) is 5.41 Å². The zero-order chi connectivity index (χ0) is 31.5. The van der Waals surface area contributed by atoms with Crippen LogP contribution in [0.4, 0.5) is 17.1 Å². The molecule has 9 rings (SSSR count). The number of hydrogen-bond acceptors (Lipinski definition) is 3. The monoisotopic (exact) mass is 604 g/mol. The zero-order valence-electron chi connectivity index (χ0n) is 26.3. The van der Waals surface area contributed by atoms with E-state index in [-0.39, 0.29) is 5.41 Å².